The van der Waals surface area contributed by atoms with Crippen molar-refractivity contribution in [2.24, 2.45) is 13.0 Å². The van der Waals surface area contributed by atoms with Gasteiger partial charge in [0.25, 0.3) is 0 Å². The number of ether oxygens (including phenoxy) is 1. The van der Waals surface area contributed by atoms with Crippen molar-refractivity contribution in [2.75, 3.05) is 26.2 Å². The number of nitrogens with zero attached hydrogens (tertiary/aromatic N) is 3. The van der Waals surface area contributed by atoms with Gasteiger partial charge in [-0.15, -0.1) is 0 Å². The Balaban J connectivity index is 1.45. The van der Waals surface area contributed by atoms with Crippen molar-refractivity contribution in [2.45, 2.75) is 44.6 Å². The number of aliphatic hydroxyl groups is 1. The first-order chi connectivity index (χ1) is 10.6. The molecule has 124 valence electrons. The minimum atomic E-state index is -0.445. The smallest absolute Gasteiger partial charge is 0.122 e. The largest absolute Gasteiger partial charge is 0.389 e. The van der Waals surface area contributed by atoms with E-state index in [1.54, 1.807) is 6.20 Å². The molecule has 0 aliphatic carbocycles. The van der Waals surface area contributed by atoms with Gasteiger partial charge in [0.15, 0.2) is 0 Å². The minimum Gasteiger partial charge on any atom is -0.389 e. The maximum atomic E-state index is 10.5. The second kappa shape index (κ2) is 7.08. The van der Waals surface area contributed by atoms with Crippen LogP contribution in [0.25, 0.3) is 0 Å². The lowest BCUT2D eigenvalue weighted by Crippen LogP contribution is -2.46. The molecular weight excluding hydrogens is 280 g/mol. The number of aryl methyl sites for hydroxylation is 1. The van der Waals surface area contributed by atoms with Gasteiger partial charge in [0.05, 0.1) is 31.4 Å². The number of likely N-dealkylation sites (tertiary alicyclic amines) is 1. The van der Waals surface area contributed by atoms with E-state index in [0.717, 1.165) is 31.4 Å². The molecule has 1 aromatic heterocycles. The van der Waals surface area contributed by atoms with Crippen LogP contribution in [-0.2, 0) is 18.3 Å². The van der Waals surface area contributed by atoms with Crippen molar-refractivity contribution in [3.63, 3.8) is 0 Å². The number of aliphatic hydroxyl groups excluding tert-OH is 1. The van der Waals surface area contributed by atoms with Gasteiger partial charge in [0, 0.05) is 26.0 Å². The first-order valence-corrected chi connectivity index (χ1v) is 8.35. The van der Waals surface area contributed by atoms with Crippen molar-refractivity contribution in [3.05, 3.63) is 18.2 Å². The Morgan fingerprint density at radius 1 is 1.41 bits per heavy atom. The molecule has 0 amide bonds. The van der Waals surface area contributed by atoms with E-state index >= 15 is 0 Å². The third kappa shape index (κ3) is 3.68. The molecule has 0 bridgehead atoms. The van der Waals surface area contributed by atoms with Gasteiger partial charge in [-0.3, -0.25) is 0 Å². The maximum Gasteiger partial charge on any atom is 0.122 e. The van der Waals surface area contributed by atoms with E-state index < -0.39 is 6.10 Å². The maximum absolute atomic E-state index is 10.5. The average Bonchev–Trinajstić information content (AvgIpc) is 3.07. The molecule has 6 heteroatoms. The zero-order chi connectivity index (χ0) is 15.5. The summed E-state index contributed by atoms with van der Waals surface area (Å²) in [4.78, 5) is 6.72. The fraction of sp³-hybridized carbons (Fsp3) is 0.812. The molecule has 2 fully saturated rings. The van der Waals surface area contributed by atoms with E-state index in [1.807, 2.05) is 17.8 Å². The molecule has 1 aromatic rings. The van der Waals surface area contributed by atoms with Crippen LogP contribution in [0.1, 0.15) is 25.6 Å². The number of piperidine rings is 1. The number of imidazole rings is 1. The molecule has 6 nitrogen and oxygen atoms in total. The van der Waals surface area contributed by atoms with Gasteiger partial charge in [-0.2, -0.15) is 0 Å². The van der Waals surface area contributed by atoms with Gasteiger partial charge in [-0.25, -0.2) is 4.98 Å². The molecule has 0 radical (unpaired) electrons. The fourth-order valence-corrected chi connectivity index (χ4v) is 3.31. The monoisotopic (exact) mass is 308 g/mol. The van der Waals surface area contributed by atoms with Crippen LogP contribution in [0.2, 0.25) is 0 Å². The summed E-state index contributed by atoms with van der Waals surface area (Å²) in [5.41, 5.74) is 0. The van der Waals surface area contributed by atoms with Gasteiger partial charge in [0.1, 0.15) is 5.82 Å². The van der Waals surface area contributed by atoms with Gasteiger partial charge in [-0.05, 0) is 31.8 Å². The number of rotatable bonds is 5. The van der Waals surface area contributed by atoms with E-state index in [4.69, 9.17) is 4.74 Å². The van der Waals surface area contributed by atoms with Crippen LogP contribution >= 0.6 is 0 Å². The molecule has 0 spiro atoms. The lowest BCUT2D eigenvalue weighted by molar-refractivity contribution is 0.00857. The van der Waals surface area contributed by atoms with Gasteiger partial charge in [-0.1, -0.05) is 6.92 Å². The Hall–Kier alpha value is -0.950. The predicted molar refractivity (Wildman–Crippen MR) is 84.4 cm³/mol. The fourth-order valence-electron chi connectivity index (χ4n) is 3.31. The molecule has 0 saturated carbocycles. The van der Waals surface area contributed by atoms with Gasteiger partial charge >= 0.3 is 0 Å². The molecule has 3 unspecified atom stereocenters. The first kappa shape index (κ1) is 15.9. The van der Waals surface area contributed by atoms with E-state index in [1.165, 1.54) is 12.8 Å². The van der Waals surface area contributed by atoms with Crippen LogP contribution in [0.4, 0.5) is 0 Å². The van der Waals surface area contributed by atoms with Crippen LogP contribution in [0, 0.1) is 5.92 Å². The Bertz CT molecular complexity index is 470. The highest BCUT2D eigenvalue weighted by Crippen LogP contribution is 2.20. The number of aromatic nitrogens is 2. The third-order valence-corrected chi connectivity index (χ3v) is 5.04. The summed E-state index contributed by atoms with van der Waals surface area (Å²) >= 11 is 0. The highest BCUT2D eigenvalue weighted by atomic mass is 16.5. The summed E-state index contributed by atoms with van der Waals surface area (Å²) in [5, 5.41) is 13.9. The number of hydrogen-bond acceptors (Lipinski definition) is 5. The van der Waals surface area contributed by atoms with Crippen molar-refractivity contribution in [3.8, 4) is 0 Å². The van der Waals surface area contributed by atoms with Crippen LogP contribution in [0.5, 0.6) is 0 Å². The summed E-state index contributed by atoms with van der Waals surface area (Å²) in [6.07, 6.45) is 5.71. The Kier molecular flexibility index (Phi) is 5.13. The molecule has 22 heavy (non-hydrogen) atoms. The topological polar surface area (TPSA) is 62.5 Å². The van der Waals surface area contributed by atoms with Gasteiger partial charge in [0.2, 0.25) is 0 Å². The quantitative estimate of drug-likeness (QED) is 0.823. The SMILES string of the molecule is CC1CCN(CC2OCC(NCc3nccn3C)C2O)CC1. The van der Waals surface area contributed by atoms with E-state index in [2.05, 4.69) is 22.1 Å². The van der Waals surface area contributed by atoms with Crippen LogP contribution in [0.15, 0.2) is 12.4 Å². The van der Waals surface area contributed by atoms with Crippen LogP contribution in [-0.4, -0.2) is 64.0 Å². The molecule has 3 atom stereocenters. The molecule has 2 aliphatic heterocycles. The molecule has 0 aromatic carbocycles. The Labute approximate surface area is 132 Å². The zero-order valence-corrected chi connectivity index (χ0v) is 13.6. The number of hydrogen-bond donors (Lipinski definition) is 2. The van der Waals surface area contributed by atoms with Crippen molar-refractivity contribution in [1.82, 2.24) is 19.8 Å². The normalized spacial score (nSPS) is 31.0. The summed E-state index contributed by atoms with van der Waals surface area (Å²) in [5.74, 6) is 1.80. The molecule has 2 aliphatic rings. The Morgan fingerprint density at radius 3 is 2.86 bits per heavy atom. The second-order valence-corrected chi connectivity index (χ2v) is 6.79. The predicted octanol–water partition coefficient (Wildman–Crippen LogP) is 0.370. The lowest BCUT2D eigenvalue weighted by atomic mass is 9.98. The van der Waals surface area contributed by atoms with E-state index in [9.17, 15) is 5.11 Å². The summed E-state index contributed by atoms with van der Waals surface area (Å²) in [7, 11) is 1.98. The van der Waals surface area contributed by atoms with Crippen LogP contribution in [0.3, 0.4) is 0 Å². The first-order valence-electron chi connectivity index (χ1n) is 8.35. The molecular formula is C16H28N4O2. The summed E-state index contributed by atoms with van der Waals surface area (Å²) in [6, 6.07) is -0.00888. The highest BCUT2D eigenvalue weighted by Gasteiger charge is 2.37. The Morgan fingerprint density at radius 2 is 2.18 bits per heavy atom. The third-order valence-electron chi connectivity index (χ3n) is 5.04. The molecule has 2 N–H and O–H groups in total. The standard InChI is InChI=1S/C16H28N4O2/c1-12-3-6-20(7-4-12)10-14-16(21)13(11-22-14)18-9-15-17-5-8-19(15)2/h5,8,12-14,16,18,21H,3-4,6-7,9-11H2,1-2H3. The molecule has 3 heterocycles. The molecule has 2 saturated heterocycles. The van der Waals surface area contributed by atoms with Crippen molar-refractivity contribution < 1.29 is 9.84 Å². The lowest BCUT2D eigenvalue weighted by Gasteiger charge is -2.32. The van der Waals surface area contributed by atoms with Gasteiger partial charge < -0.3 is 24.6 Å². The van der Waals surface area contributed by atoms with Crippen molar-refractivity contribution >= 4 is 0 Å². The highest BCUT2D eigenvalue weighted by molar-refractivity contribution is 4.95. The van der Waals surface area contributed by atoms with Crippen LogP contribution < -0.4 is 5.32 Å². The minimum absolute atomic E-state index is 0.00888. The second-order valence-electron chi connectivity index (χ2n) is 6.79. The van der Waals surface area contributed by atoms with E-state index in [-0.39, 0.29) is 12.1 Å². The van der Waals surface area contributed by atoms with Crippen molar-refractivity contribution in [1.29, 1.82) is 0 Å². The average molecular weight is 308 g/mol. The summed E-state index contributed by atoms with van der Waals surface area (Å²) in [6.45, 7) is 6.63. The van der Waals surface area contributed by atoms with E-state index in [0.29, 0.717) is 13.2 Å². The molecule has 3 rings (SSSR count). The number of nitrogens with one attached hydrogen (secondary N) is 1. The zero-order valence-electron chi connectivity index (χ0n) is 13.6. The summed E-state index contributed by atoms with van der Waals surface area (Å²) < 4.78 is 7.81.